The van der Waals surface area contributed by atoms with Crippen LogP contribution in [-0.2, 0) is 19.3 Å². The fourth-order valence-corrected chi connectivity index (χ4v) is 3.77. The fourth-order valence-electron chi connectivity index (χ4n) is 3.77. The second-order valence-corrected chi connectivity index (χ2v) is 7.00. The van der Waals surface area contributed by atoms with Gasteiger partial charge in [-0.1, -0.05) is 6.07 Å². The van der Waals surface area contributed by atoms with Gasteiger partial charge in [0.15, 0.2) is 0 Å². The molecule has 0 saturated heterocycles. The summed E-state index contributed by atoms with van der Waals surface area (Å²) in [4.78, 5) is 25.8. The number of carbonyl (C=O) groups excluding carboxylic acids is 1. The number of halogens is 3. The highest BCUT2D eigenvalue weighted by Gasteiger charge is 2.33. The van der Waals surface area contributed by atoms with Crippen LogP contribution in [0.4, 0.5) is 13.2 Å². The van der Waals surface area contributed by atoms with E-state index < -0.39 is 23.3 Å². The Hall–Kier alpha value is -3.82. The Kier molecular flexibility index (Phi) is 3.70. The summed E-state index contributed by atoms with van der Waals surface area (Å²) in [5.74, 6) is -1.64. The monoisotopic (exact) mass is 415 g/mol. The van der Waals surface area contributed by atoms with Crippen molar-refractivity contribution in [2.24, 2.45) is 0 Å². The summed E-state index contributed by atoms with van der Waals surface area (Å²) in [5.41, 5.74) is 0.171. The predicted octanol–water partition coefficient (Wildman–Crippen LogP) is 3.95. The average Bonchev–Trinajstić information content (AvgIpc) is 3.28. The first-order valence-corrected chi connectivity index (χ1v) is 8.84. The highest BCUT2D eigenvalue weighted by atomic mass is 19.4. The molecule has 7 nitrogen and oxygen atoms in total. The molecule has 4 heterocycles. The number of carboxylic acids is 1. The molecular weight excluding hydrogens is 403 g/mol. The summed E-state index contributed by atoms with van der Waals surface area (Å²) in [6, 6.07) is 6.37. The van der Waals surface area contributed by atoms with E-state index in [9.17, 15) is 27.9 Å². The van der Waals surface area contributed by atoms with Crippen molar-refractivity contribution >= 4 is 28.4 Å². The molecule has 3 aromatic heterocycles. The second-order valence-electron chi connectivity index (χ2n) is 7.00. The molecule has 30 heavy (non-hydrogen) atoms. The van der Waals surface area contributed by atoms with E-state index in [0.29, 0.717) is 17.1 Å². The van der Waals surface area contributed by atoms with Gasteiger partial charge in [-0.3, -0.25) is 4.79 Å². The third kappa shape index (κ3) is 2.71. The van der Waals surface area contributed by atoms with Gasteiger partial charge in [0.25, 0.3) is 5.91 Å². The lowest BCUT2D eigenvalue weighted by molar-refractivity contribution is -0.137. The van der Waals surface area contributed by atoms with Gasteiger partial charge in [0.05, 0.1) is 29.4 Å². The molecule has 1 aliphatic heterocycles. The molecule has 10 heteroatoms. The summed E-state index contributed by atoms with van der Waals surface area (Å²) < 4.78 is 46.5. The summed E-state index contributed by atoms with van der Waals surface area (Å²) in [5, 5.41) is 13.5. The molecule has 5 rings (SSSR count). The summed E-state index contributed by atoms with van der Waals surface area (Å²) in [7, 11) is 0. The number of nitrogens with zero attached hydrogens (tertiary/aromatic N) is 3. The largest absolute Gasteiger partial charge is 0.478 e. The third-order valence-electron chi connectivity index (χ3n) is 5.07. The van der Waals surface area contributed by atoms with Crippen LogP contribution in [-0.4, -0.2) is 31.5 Å². The number of aromatic nitrogens is 2. The zero-order valence-corrected chi connectivity index (χ0v) is 15.1. The van der Waals surface area contributed by atoms with E-state index in [4.69, 9.17) is 4.42 Å². The van der Waals surface area contributed by atoms with Crippen LogP contribution in [0, 0.1) is 0 Å². The van der Waals surface area contributed by atoms with E-state index in [2.05, 4.69) is 5.10 Å². The maximum atomic E-state index is 13.1. The first-order chi connectivity index (χ1) is 14.2. The van der Waals surface area contributed by atoms with Crippen LogP contribution in [0.1, 0.15) is 37.6 Å². The standard InChI is InChI=1S/C20H12F3N3O4/c21-20(22,23)12-4-11-5-13(30-17(11)14(6-12)19(28)29)9-25-8-10-2-1-3-26-16(10)15(7-24-26)18(25)27/h1-7H,8-9H2,(H,28,29). The number of hydrogen-bond donors (Lipinski definition) is 1. The number of amides is 1. The SMILES string of the molecule is O=C(O)c1cc(C(F)(F)F)cc2cc(CN3Cc4cccn5ncc(c45)C3=O)oc12. The minimum atomic E-state index is -4.70. The van der Waals surface area contributed by atoms with Crippen molar-refractivity contribution in [1.82, 2.24) is 14.5 Å². The van der Waals surface area contributed by atoms with Crippen molar-refractivity contribution in [3.8, 4) is 0 Å². The van der Waals surface area contributed by atoms with Gasteiger partial charge >= 0.3 is 12.1 Å². The number of aromatic carboxylic acids is 1. The Labute approximate surface area is 165 Å². The average molecular weight is 415 g/mol. The molecule has 1 amide bonds. The van der Waals surface area contributed by atoms with E-state index in [1.54, 1.807) is 16.8 Å². The number of alkyl halides is 3. The van der Waals surface area contributed by atoms with Gasteiger partial charge in [-0.2, -0.15) is 18.3 Å². The van der Waals surface area contributed by atoms with Gasteiger partial charge < -0.3 is 14.4 Å². The minimum absolute atomic E-state index is 0.00927. The van der Waals surface area contributed by atoms with Crippen molar-refractivity contribution in [2.45, 2.75) is 19.3 Å². The molecule has 0 fully saturated rings. The molecule has 1 aliphatic rings. The number of furan rings is 1. The van der Waals surface area contributed by atoms with E-state index in [0.717, 1.165) is 11.6 Å². The van der Waals surface area contributed by atoms with Crippen molar-refractivity contribution in [2.75, 3.05) is 0 Å². The number of pyridine rings is 1. The van der Waals surface area contributed by atoms with Crippen LogP contribution in [0.25, 0.3) is 16.5 Å². The first kappa shape index (κ1) is 18.2. The molecule has 0 bridgehead atoms. The number of hydrogen-bond acceptors (Lipinski definition) is 4. The van der Waals surface area contributed by atoms with Crippen molar-refractivity contribution in [3.63, 3.8) is 0 Å². The topological polar surface area (TPSA) is 88.0 Å². The van der Waals surface area contributed by atoms with Gasteiger partial charge in [-0.25, -0.2) is 9.31 Å². The number of benzene rings is 1. The van der Waals surface area contributed by atoms with Gasteiger partial charge in [0, 0.05) is 18.1 Å². The van der Waals surface area contributed by atoms with Crippen LogP contribution in [0.3, 0.4) is 0 Å². The van der Waals surface area contributed by atoms with E-state index >= 15 is 0 Å². The molecule has 0 spiro atoms. The Bertz CT molecular complexity index is 1350. The number of carbonyl (C=O) groups is 2. The van der Waals surface area contributed by atoms with Crippen LogP contribution >= 0.6 is 0 Å². The van der Waals surface area contributed by atoms with Crippen LogP contribution in [0.5, 0.6) is 0 Å². The van der Waals surface area contributed by atoms with Gasteiger partial charge in [0.2, 0.25) is 0 Å². The fraction of sp³-hybridized carbons (Fsp3) is 0.150. The molecule has 0 atom stereocenters. The smallest absolute Gasteiger partial charge is 0.416 e. The molecule has 1 N–H and O–H groups in total. The van der Waals surface area contributed by atoms with E-state index in [1.807, 2.05) is 6.07 Å². The lowest BCUT2D eigenvalue weighted by atomic mass is 10.1. The van der Waals surface area contributed by atoms with E-state index in [1.165, 1.54) is 17.2 Å². The van der Waals surface area contributed by atoms with Gasteiger partial charge in [0.1, 0.15) is 16.9 Å². The maximum absolute atomic E-state index is 13.1. The van der Waals surface area contributed by atoms with Crippen molar-refractivity contribution < 1.29 is 32.3 Å². The Morgan fingerprint density at radius 2 is 2.07 bits per heavy atom. The molecule has 0 unspecified atom stereocenters. The van der Waals surface area contributed by atoms with Crippen LogP contribution < -0.4 is 0 Å². The van der Waals surface area contributed by atoms with E-state index in [-0.39, 0.29) is 35.7 Å². The molecule has 152 valence electrons. The highest BCUT2D eigenvalue weighted by Crippen LogP contribution is 2.35. The highest BCUT2D eigenvalue weighted by molar-refractivity contribution is 6.03. The summed E-state index contributed by atoms with van der Waals surface area (Å²) in [6.45, 7) is 0.234. The molecule has 0 radical (unpaired) electrons. The first-order valence-electron chi connectivity index (χ1n) is 8.84. The van der Waals surface area contributed by atoms with Crippen LogP contribution in [0.15, 0.2) is 47.1 Å². The normalized spacial score (nSPS) is 14.1. The number of carboxylic acid groups (broad SMARTS) is 1. The quantitative estimate of drug-likeness (QED) is 0.547. The Balaban J connectivity index is 1.54. The lowest BCUT2D eigenvalue weighted by Gasteiger charge is -2.25. The lowest BCUT2D eigenvalue weighted by Crippen LogP contribution is -2.33. The molecule has 1 aromatic carbocycles. The van der Waals surface area contributed by atoms with Crippen LogP contribution in [0.2, 0.25) is 0 Å². The van der Waals surface area contributed by atoms with Crippen molar-refractivity contribution in [1.29, 1.82) is 0 Å². The number of rotatable bonds is 3. The predicted molar refractivity (Wildman–Crippen MR) is 96.9 cm³/mol. The Morgan fingerprint density at radius 3 is 2.80 bits per heavy atom. The maximum Gasteiger partial charge on any atom is 0.416 e. The zero-order valence-electron chi connectivity index (χ0n) is 15.1. The molecule has 0 aliphatic carbocycles. The Morgan fingerprint density at radius 1 is 1.27 bits per heavy atom. The summed E-state index contributed by atoms with van der Waals surface area (Å²) >= 11 is 0. The molecule has 0 saturated carbocycles. The van der Waals surface area contributed by atoms with Gasteiger partial charge in [-0.05, 0) is 29.8 Å². The molecular formula is C20H12F3N3O4. The van der Waals surface area contributed by atoms with Crippen molar-refractivity contribution in [3.05, 3.63) is 70.7 Å². The summed E-state index contributed by atoms with van der Waals surface area (Å²) in [6.07, 6.45) is -1.50. The zero-order chi connectivity index (χ0) is 21.2. The molecule has 4 aromatic rings. The number of fused-ring (bicyclic) bond motifs is 1. The second kappa shape index (κ2) is 6.09. The third-order valence-corrected chi connectivity index (χ3v) is 5.07. The van der Waals surface area contributed by atoms with Gasteiger partial charge in [-0.15, -0.1) is 0 Å². The minimum Gasteiger partial charge on any atom is -0.478 e.